The SMILES string of the molecule is Cc1ccc(CNc2ccc3nnc(CCNC(=O)c4ccccc4F)n3n2)cc1. The smallest absolute Gasteiger partial charge is 0.254 e. The third-order valence-electron chi connectivity index (χ3n) is 4.67. The molecular weight excluding hydrogens is 383 g/mol. The van der Waals surface area contributed by atoms with Crippen molar-refractivity contribution in [2.75, 3.05) is 11.9 Å². The van der Waals surface area contributed by atoms with E-state index in [4.69, 9.17) is 0 Å². The molecule has 4 rings (SSSR count). The van der Waals surface area contributed by atoms with Gasteiger partial charge in [-0.2, -0.15) is 4.52 Å². The van der Waals surface area contributed by atoms with Crippen molar-refractivity contribution in [3.63, 3.8) is 0 Å². The molecule has 0 radical (unpaired) electrons. The lowest BCUT2D eigenvalue weighted by atomic mass is 10.1. The highest BCUT2D eigenvalue weighted by Crippen LogP contribution is 2.11. The lowest BCUT2D eigenvalue weighted by Gasteiger charge is -2.07. The largest absolute Gasteiger partial charge is 0.365 e. The molecule has 0 aliphatic carbocycles. The van der Waals surface area contributed by atoms with Crippen LogP contribution in [0.15, 0.2) is 60.7 Å². The molecule has 0 saturated heterocycles. The second-order valence-corrected chi connectivity index (χ2v) is 6.93. The predicted molar refractivity (Wildman–Crippen MR) is 112 cm³/mol. The maximum Gasteiger partial charge on any atom is 0.254 e. The Morgan fingerprint density at radius 3 is 2.63 bits per heavy atom. The van der Waals surface area contributed by atoms with Crippen LogP contribution in [0.2, 0.25) is 0 Å². The maximum atomic E-state index is 13.7. The van der Waals surface area contributed by atoms with Crippen LogP contribution in [0.3, 0.4) is 0 Å². The summed E-state index contributed by atoms with van der Waals surface area (Å²) < 4.78 is 15.3. The molecule has 30 heavy (non-hydrogen) atoms. The molecular formula is C22H21FN6O. The molecule has 1 amide bonds. The van der Waals surface area contributed by atoms with Crippen LogP contribution in [0.4, 0.5) is 10.2 Å². The van der Waals surface area contributed by atoms with Gasteiger partial charge in [-0.3, -0.25) is 4.79 Å². The fourth-order valence-corrected chi connectivity index (χ4v) is 3.01. The molecule has 8 heteroatoms. The van der Waals surface area contributed by atoms with E-state index in [9.17, 15) is 9.18 Å². The summed E-state index contributed by atoms with van der Waals surface area (Å²) in [5.41, 5.74) is 3.01. The van der Waals surface area contributed by atoms with Crippen molar-refractivity contribution in [2.45, 2.75) is 19.9 Å². The van der Waals surface area contributed by atoms with E-state index in [1.54, 1.807) is 16.6 Å². The normalized spacial score (nSPS) is 10.9. The van der Waals surface area contributed by atoms with Crippen molar-refractivity contribution in [3.8, 4) is 0 Å². The van der Waals surface area contributed by atoms with Crippen molar-refractivity contribution in [2.24, 2.45) is 0 Å². The van der Waals surface area contributed by atoms with Gasteiger partial charge in [0.2, 0.25) is 0 Å². The van der Waals surface area contributed by atoms with Crippen molar-refractivity contribution in [1.82, 2.24) is 25.1 Å². The van der Waals surface area contributed by atoms with E-state index in [1.165, 1.54) is 17.7 Å². The van der Waals surface area contributed by atoms with E-state index >= 15 is 0 Å². The van der Waals surface area contributed by atoms with Gasteiger partial charge in [0.1, 0.15) is 11.6 Å². The number of nitrogens with zero attached hydrogens (tertiary/aromatic N) is 4. The van der Waals surface area contributed by atoms with Crippen molar-refractivity contribution in [1.29, 1.82) is 0 Å². The average molecular weight is 404 g/mol. The monoisotopic (exact) mass is 404 g/mol. The minimum atomic E-state index is -0.547. The highest BCUT2D eigenvalue weighted by atomic mass is 19.1. The Morgan fingerprint density at radius 1 is 1.03 bits per heavy atom. The fraction of sp³-hybridized carbons (Fsp3) is 0.182. The van der Waals surface area contributed by atoms with Gasteiger partial charge in [-0.25, -0.2) is 4.39 Å². The summed E-state index contributed by atoms with van der Waals surface area (Å²) in [6, 6.07) is 17.8. The standard InChI is InChI=1S/C22H21FN6O/c1-15-6-8-16(9-7-15)14-25-19-10-11-20-26-27-21(29(20)28-19)12-13-24-22(30)17-4-2-3-5-18(17)23/h2-11H,12-14H2,1H3,(H,24,30)(H,25,28). The number of carbonyl (C=O) groups is 1. The van der Waals surface area contributed by atoms with Gasteiger partial charge in [-0.15, -0.1) is 15.3 Å². The zero-order valence-corrected chi connectivity index (χ0v) is 16.5. The number of fused-ring (bicyclic) bond motifs is 1. The minimum Gasteiger partial charge on any atom is -0.365 e. The lowest BCUT2D eigenvalue weighted by molar-refractivity contribution is 0.0950. The topological polar surface area (TPSA) is 84.2 Å². The number of benzene rings is 2. The number of halogens is 1. The number of nitrogens with one attached hydrogen (secondary N) is 2. The average Bonchev–Trinajstić information content (AvgIpc) is 3.16. The fourth-order valence-electron chi connectivity index (χ4n) is 3.01. The molecule has 0 bridgehead atoms. The maximum absolute atomic E-state index is 13.7. The second kappa shape index (κ2) is 8.69. The third kappa shape index (κ3) is 4.43. The summed E-state index contributed by atoms with van der Waals surface area (Å²) >= 11 is 0. The number of aryl methyl sites for hydroxylation is 1. The molecule has 0 fully saturated rings. The quantitative estimate of drug-likeness (QED) is 0.494. The molecule has 0 saturated carbocycles. The van der Waals surface area contributed by atoms with E-state index in [0.717, 1.165) is 5.56 Å². The van der Waals surface area contributed by atoms with Crippen LogP contribution in [0, 0.1) is 12.7 Å². The summed E-state index contributed by atoms with van der Waals surface area (Å²) in [7, 11) is 0. The lowest BCUT2D eigenvalue weighted by Crippen LogP contribution is -2.27. The van der Waals surface area contributed by atoms with Crippen LogP contribution >= 0.6 is 0 Å². The van der Waals surface area contributed by atoms with Gasteiger partial charge in [0, 0.05) is 19.5 Å². The highest BCUT2D eigenvalue weighted by Gasteiger charge is 2.12. The van der Waals surface area contributed by atoms with Gasteiger partial charge in [0.15, 0.2) is 11.5 Å². The summed E-state index contributed by atoms with van der Waals surface area (Å²) in [6.07, 6.45) is 0.412. The number of carbonyl (C=O) groups excluding carboxylic acids is 1. The van der Waals surface area contributed by atoms with Crippen LogP contribution in [-0.4, -0.2) is 32.3 Å². The first-order valence-electron chi connectivity index (χ1n) is 9.63. The van der Waals surface area contributed by atoms with Gasteiger partial charge in [-0.05, 0) is 36.8 Å². The molecule has 2 aromatic carbocycles. The van der Waals surface area contributed by atoms with E-state index < -0.39 is 11.7 Å². The van der Waals surface area contributed by atoms with Crippen LogP contribution in [0.25, 0.3) is 5.65 Å². The van der Waals surface area contributed by atoms with Crippen LogP contribution < -0.4 is 10.6 Å². The van der Waals surface area contributed by atoms with Crippen molar-refractivity contribution in [3.05, 3.63) is 89.0 Å². The van der Waals surface area contributed by atoms with Crippen LogP contribution in [-0.2, 0) is 13.0 Å². The summed E-state index contributed by atoms with van der Waals surface area (Å²) in [5.74, 6) is 0.293. The Bertz CT molecular complexity index is 1170. The summed E-state index contributed by atoms with van der Waals surface area (Å²) in [5, 5.41) is 18.8. The van der Waals surface area contributed by atoms with Gasteiger partial charge >= 0.3 is 0 Å². The molecule has 0 spiro atoms. The summed E-state index contributed by atoms with van der Waals surface area (Å²) in [4.78, 5) is 12.1. The van der Waals surface area contributed by atoms with Crippen LogP contribution in [0.5, 0.6) is 0 Å². The van der Waals surface area contributed by atoms with Crippen molar-refractivity contribution < 1.29 is 9.18 Å². The first-order valence-corrected chi connectivity index (χ1v) is 9.63. The Kier molecular flexibility index (Phi) is 5.65. The Labute approximate surface area is 173 Å². The van der Waals surface area contributed by atoms with Gasteiger partial charge in [-0.1, -0.05) is 42.0 Å². The Hall–Kier alpha value is -3.81. The van der Waals surface area contributed by atoms with Gasteiger partial charge in [0.25, 0.3) is 5.91 Å². The highest BCUT2D eigenvalue weighted by molar-refractivity contribution is 5.94. The van der Waals surface area contributed by atoms with Crippen molar-refractivity contribution >= 4 is 17.4 Å². The number of aromatic nitrogens is 4. The van der Waals surface area contributed by atoms with Crippen LogP contribution in [0.1, 0.15) is 27.3 Å². The molecule has 2 aromatic heterocycles. The van der Waals surface area contributed by atoms with Gasteiger partial charge < -0.3 is 10.6 Å². The van der Waals surface area contributed by atoms with E-state index in [2.05, 4.69) is 57.1 Å². The first kappa shape index (κ1) is 19.5. The molecule has 0 aliphatic rings. The Balaban J connectivity index is 1.39. The van der Waals surface area contributed by atoms with E-state index in [-0.39, 0.29) is 12.1 Å². The van der Waals surface area contributed by atoms with E-state index in [0.29, 0.717) is 30.3 Å². The summed E-state index contributed by atoms with van der Waals surface area (Å²) in [6.45, 7) is 2.99. The predicted octanol–water partition coefficient (Wildman–Crippen LogP) is 3.16. The molecule has 2 heterocycles. The molecule has 0 aliphatic heterocycles. The number of hydrogen-bond donors (Lipinski definition) is 2. The molecule has 0 atom stereocenters. The molecule has 152 valence electrons. The zero-order chi connectivity index (χ0) is 20.9. The first-order chi connectivity index (χ1) is 14.6. The number of amides is 1. The van der Waals surface area contributed by atoms with Gasteiger partial charge in [0.05, 0.1) is 5.56 Å². The molecule has 2 N–H and O–H groups in total. The molecule has 0 unspecified atom stereocenters. The molecule has 7 nitrogen and oxygen atoms in total. The Morgan fingerprint density at radius 2 is 1.83 bits per heavy atom. The zero-order valence-electron chi connectivity index (χ0n) is 16.5. The number of hydrogen-bond acceptors (Lipinski definition) is 5. The minimum absolute atomic E-state index is 0.0179. The molecule has 4 aromatic rings. The second-order valence-electron chi connectivity index (χ2n) is 6.93. The third-order valence-corrected chi connectivity index (χ3v) is 4.67. The van der Waals surface area contributed by atoms with E-state index in [1.807, 2.05) is 12.1 Å². The number of rotatable bonds is 7. The number of anilines is 1.